The van der Waals surface area contributed by atoms with Gasteiger partial charge in [0, 0.05) is 26.2 Å². The maximum absolute atomic E-state index is 11.1. The van der Waals surface area contributed by atoms with E-state index < -0.39 is 14.3 Å². The zero-order valence-electron chi connectivity index (χ0n) is 9.33. The first-order valence-corrected chi connectivity index (χ1v) is 7.75. The first-order valence-electron chi connectivity index (χ1n) is 4.35. The Morgan fingerprint density at radius 2 is 1.64 bits per heavy atom. The van der Waals surface area contributed by atoms with E-state index in [0.717, 1.165) is 0 Å². The molecule has 80 valence electrons. The third-order valence-electron chi connectivity index (χ3n) is 1.21. The predicted molar refractivity (Wildman–Crippen MR) is 57.3 cm³/mol. The molecule has 0 heterocycles. The fraction of sp³-hybridized carbons (Fsp3) is 0.556. The summed E-state index contributed by atoms with van der Waals surface area (Å²) in [5.41, 5.74) is 0. The fourth-order valence-electron chi connectivity index (χ4n) is 0.624. The summed E-state index contributed by atoms with van der Waals surface area (Å²) in [6, 6.07) is 0. The molecule has 0 aliphatic rings. The van der Waals surface area contributed by atoms with Crippen LogP contribution in [0.2, 0.25) is 19.6 Å². The molecule has 0 unspecified atom stereocenters. The maximum Gasteiger partial charge on any atom is 0.317 e. The highest BCUT2D eigenvalue weighted by molar-refractivity contribution is 6.71. The highest BCUT2D eigenvalue weighted by Gasteiger charge is 2.18. The van der Waals surface area contributed by atoms with Crippen molar-refractivity contribution in [3.63, 3.8) is 0 Å². The van der Waals surface area contributed by atoms with Crippen LogP contribution in [0.15, 0.2) is 12.2 Å². The Morgan fingerprint density at radius 1 is 1.14 bits per heavy atom. The van der Waals surface area contributed by atoms with Crippen molar-refractivity contribution in [3.05, 3.63) is 12.2 Å². The molecule has 0 aromatic heterocycles. The van der Waals surface area contributed by atoms with E-state index in [2.05, 4.69) is 0 Å². The predicted octanol–water partition coefficient (Wildman–Crippen LogP) is 1.01. The SMILES string of the molecule is CN(C)C(=O)C=CC(=O)O[Si](C)(C)C. The molecule has 4 nitrogen and oxygen atoms in total. The first kappa shape index (κ1) is 12.9. The third-order valence-corrected chi connectivity index (χ3v) is 2.02. The Bertz CT molecular complexity index is 253. The summed E-state index contributed by atoms with van der Waals surface area (Å²) in [6.45, 7) is 5.73. The van der Waals surface area contributed by atoms with Crippen LogP contribution in [0.4, 0.5) is 0 Å². The maximum atomic E-state index is 11.1. The Morgan fingerprint density at radius 3 is 2.00 bits per heavy atom. The van der Waals surface area contributed by atoms with E-state index in [4.69, 9.17) is 4.43 Å². The van der Waals surface area contributed by atoms with Crippen molar-refractivity contribution in [1.29, 1.82) is 0 Å². The van der Waals surface area contributed by atoms with Crippen molar-refractivity contribution in [2.75, 3.05) is 14.1 Å². The largest absolute Gasteiger partial charge is 0.517 e. The lowest BCUT2D eigenvalue weighted by atomic mass is 10.4. The van der Waals surface area contributed by atoms with Gasteiger partial charge in [0.15, 0.2) is 0 Å². The highest BCUT2D eigenvalue weighted by Crippen LogP contribution is 2.03. The van der Waals surface area contributed by atoms with Crippen molar-refractivity contribution < 1.29 is 14.0 Å². The molecule has 0 atom stereocenters. The summed E-state index contributed by atoms with van der Waals surface area (Å²) >= 11 is 0. The molecule has 0 bridgehead atoms. The number of nitrogens with zero attached hydrogens (tertiary/aromatic N) is 1. The van der Waals surface area contributed by atoms with Gasteiger partial charge >= 0.3 is 5.97 Å². The average molecular weight is 215 g/mol. The van der Waals surface area contributed by atoms with Crippen molar-refractivity contribution in [2.24, 2.45) is 0 Å². The highest BCUT2D eigenvalue weighted by atomic mass is 28.4. The molecule has 0 N–H and O–H groups in total. The van der Waals surface area contributed by atoms with Crippen LogP contribution in [0.5, 0.6) is 0 Å². The quantitative estimate of drug-likeness (QED) is 0.521. The van der Waals surface area contributed by atoms with Gasteiger partial charge in [-0.15, -0.1) is 0 Å². The van der Waals surface area contributed by atoms with Crippen molar-refractivity contribution >= 4 is 20.2 Å². The second-order valence-electron chi connectivity index (χ2n) is 4.10. The molecule has 0 saturated carbocycles. The summed E-state index contributed by atoms with van der Waals surface area (Å²) < 4.78 is 5.11. The number of amides is 1. The van der Waals surface area contributed by atoms with Crippen LogP contribution in [0.25, 0.3) is 0 Å². The van der Waals surface area contributed by atoms with Gasteiger partial charge in [-0.1, -0.05) is 0 Å². The van der Waals surface area contributed by atoms with Gasteiger partial charge in [-0.2, -0.15) is 0 Å². The van der Waals surface area contributed by atoms with Crippen LogP contribution in [0.3, 0.4) is 0 Å². The normalized spacial score (nSPS) is 11.5. The van der Waals surface area contributed by atoms with E-state index in [0.29, 0.717) is 0 Å². The van der Waals surface area contributed by atoms with Gasteiger partial charge in [-0.25, -0.2) is 4.79 Å². The molecule has 0 aliphatic carbocycles. The van der Waals surface area contributed by atoms with Gasteiger partial charge in [0.2, 0.25) is 14.2 Å². The molecule has 0 radical (unpaired) electrons. The van der Waals surface area contributed by atoms with Crippen LogP contribution in [0, 0.1) is 0 Å². The Balaban J connectivity index is 4.14. The Hall–Kier alpha value is -1.10. The molecular weight excluding hydrogens is 198 g/mol. The third kappa shape index (κ3) is 6.42. The van der Waals surface area contributed by atoms with Gasteiger partial charge in [0.25, 0.3) is 0 Å². The molecule has 5 heteroatoms. The number of carbonyl (C=O) groups excluding carboxylic acids is 2. The van der Waals surface area contributed by atoms with Gasteiger partial charge in [0.05, 0.1) is 0 Å². The number of rotatable bonds is 3. The van der Waals surface area contributed by atoms with Gasteiger partial charge in [0.1, 0.15) is 0 Å². The topological polar surface area (TPSA) is 46.6 Å². The minimum atomic E-state index is -1.85. The van der Waals surface area contributed by atoms with Crippen LogP contribution >= 0.6 is 0 Å². The fourth-order valence-corrected chi connectivity index (χ4v) is 1.30. The Kier molecular flexibility index (Phi) is 4.56. The molecule has 0 aliphatic heterocycles. The van der Waals surface area contributed by atoms with E-state index in [-0.39, 0.29) is 5.91 Å². The number of carbonyl (C=O) groups is 2. The lowest BCUT2D eigenvalue weighted by Crippen LogP contribution is -2.28. The van der Waals surface area contributed by atoms with Crippen LogP contribution in [0.1, 0.15) is 0 Å². The van der Waals surface area contributed by atoms with E-state index >= 15 is 0 Å². The summed E-state index contributed by atoms with van der Waals surface area (Å²) in [4.78, 5) is 23.6. The smallest absolute Gasteiger partial charge is 0.317 e. The molecular formula is C9H17NO3Si. The molecule has 0 aromatic carbocycles. The molecule has 1 amide bonds. The summed E-state index contributed by atoms with van der Waals surface area (Å²) in [5.74, 6) is -0.670. The van der Waals surface area contributed by atoms with Crippen molar-refractivity contribution in [3.8, 4) is 0 Å². The van der Waals surface area contributed by atoms with E-state index in [1.165, 1.54) is 17.1 Å². The number of hydrogen-bond acceptors (Lipinski definition) is 3. The average Bonchev–Trinajstić information content (AvgIpc) is 1.96. The van der Waals surface area contributed by atoms with Crippen molar-refractivity contribution in [2.45, 2.75) is 19.6 Å². The lowest BCUT2D eigenvalue weighted by Gasteiger charge is -2.15. The van der Waals surface area contributed by atoms with Gasteiger partial charge in [-0.05, 0) is 19.6 Å². The summed E-state index contributed by atoms with van der Waals surface area (Å²) in [5, 5.41) is 0. The monoisotopic (exact) mass is 215 g/mol. The molecule has 0 aromatic rings. The molecule has 0 saturated heterocycles. The lowest BCUT2D eigenvalue weighted by molar-refractivity contribution is -0.130. The van der Waals surface area contributed by atoms with Crippen LogP contribution < -0.4 is 0 Å². The van der Waals surface area contributed by atoms with E-state index in [1.807, 2.05) is 19.6 Å². The van der Waals surface area contributed by atoms with Gasteiger partial charge < -0.3 is 9.33 Å². The van der Waals surface area contributed by atoms with Crippen LogP contribution in [-0.2, 0) is 14.0 Å². The second-order valence-corrected chi connectivity index (χ2v) is 8.53. The first-order chi connectivity index (χ1) is 6.22. The zero-order chi connectivity index (χ0) is 11.4. The molecule has 0 fully saturated rings. The van der Waals surface area contributed by atoms with Crippen molar-refractivity contribution in [1.82, 2.24) is 4.90 Å². The van der Waals surface area contributed by atoms with Crippen LogP contribution in [-0.4, -0.2) is 39.2 Å². The molecule has 0 spiro atoms. The van der Waals surface area contributed by atoms with E-state index in [9.17, 15) is 9.59 Å². The number of hydrogen-bond donors (Lipinski definition) is 0. The summed E-state index contributed by atoms with van der Waals surface area (Å²) in [7, 11) is 1.40. The molecule has 14 heavy (non-hydrogen) atoms. The Labute approximate surface area is 85.7 Å². The standard InChI is InChI=1S/C9H17NO3Si/c1-10(2)8(11)6-7-9(12)13-14(3,4)5/h6-7H,1-5H3. The number of likely N-dealkylation sites (N-methyl/N-ethyl adjacent to an activating group) is 1. The molecule has 0 rings (SSSR count). The minimum absolute atomic E-state index is 0.225. The zero-order valence-corrected chi connectivity index (χ0v) is 10.3. The minimum Gasteiger partial charge on any atom is -0.517 e. The summed E-state index contributed by atoms with van der Waals surface area (Å²) in [6.07, 6.45) is 2.38. The van der Waals surface area contributed by atoms with E-state index in [1.54, 1.807) is 14.1 Å². The van der Waals surface area contributed by atoms with Gasteiger partial charge in [-0.3, -0.25) is 4.79 Å². The second kappa shape index (κ2) is 4.95.